The van der Waals surface area contributed by atoms with E-state index in [9.17, 15) is 18.0 Å². The Kier molecular flexibility index (Phi) is 3.38. The van der Waals surface area contributed by atoms with Gasteiger partial charge in [0.25, 0.3) is 0 Å². The standard InChI is InChI=1S/C9H7BrF3NO/c1-5-3-2-4-6(10)7(5)14-8(15)9(11,12)13/h2-4H,1H3,(H,14,15). The van der Waals surface area contributed by atoms with Gasteiger partial charge in [-0.05, 0) is 34.5 Å². The van der Waals surface area contributed by atoms with Gasteiger partial charge in [0.2, 0.25) is 0 Å². The highest BCUT2D eigenvalue weighted by molar-refractivity contribution is 9.10. The largest absolute Gasteiger partial charge is 0.471 e. The van der Waals surface area contributed by atoms with Gasteiger partial charge >= 0.3 is 12.1 Å². The number of amides is 1. The lowest BCUT2D eigenvalue weighted by molar-refractivity contribution is -0.167. The first-order valence-electron chi connectivity index (χ1n) is 3.95. The van der Waals surface area contributed by atoms with Crippen LogP contribution in [0.1, 0.15) is 5.56 Å². The van der Waals surface area contributed by atoms with Gasteiger partial charge in [-0.3, -0.25) is 4.79 Å². The average molecular weight is 282 g/mol. The zero-order valence-corrected chi connectivity index (χ0v) is 9.24. The maximum atomic E-state index is 12.0. The molecule has 1 aromatic carbocycles. The molecule has 0 atom stereocenters. The number of nitrogens with one attached hydrogen (secondary N) is 1. The van der Waals surface area contributed by atoms with Crippen LogP contribution in [0, 0.1) is 6.92 Å². The molecular formula is C9H7BrF3NO. The van der Waals surface area contributed by atoms with Crippen LogP contribution in [0.3, 0.4) is 0 Å². The van der Waals surface area contributed by atoms with E-state index >= 15 is 0 Å². The first-order valence-corrected chi connectivity index (χ1v) is 4.75. The lowest BCUT2D eigenvalue weighted by Gasteiger charge is -2.11. The second-order valence-corrected chi connectivity index (χ2v) is 3.74. The maximum absolute atomic E-state index is 12.0. The number of alkyl halides is 3. The van der Waals surface area contributed by atoms with Crippen LogP contribution in [0.4, 0.5) is 18.9 Å². The molecule has 2 nitrogen and oxygen atoms in total. The molecule has 0 saturated heterocycles. The molecule has 0 aromatic heterocycles. The van der Waals surface area contributed by atoms with Gasteiger partial charge in [0.15, 0.2) is 0 Å². The first kappa shape index (κ1) is 12.0. The maximum Gasteiger partial charge on any atom is 0.471 e. The first-order chi connectivity index (χ1) is 6.82. The molecule has 0 unspecified atom stereocenters. The molecule has 0 fully saturated rings. The summed E-state index contributed by atoms with van der Waals surface area (Å²) in [6.45, 7) is 1.61. The molecule has 82 valence electrons. The quantitative estimate of drug-likeness (QED) is 0.841. The summed E-state index contributed by atoms with van der Waals surface area (Å²) in [5.41, 5.74) is 0.696. The van der Waals surface area contributed by atoms with Crippen LogP contribution in [0.5, 0.6) is 0 Å². The summed E-state index contributed by atoms with van der Waals surface area (Å²) in [5.74, 6) is -1.97. The number of hydrogen-bond donors (Lipinski definition) is 1. The molecule has 0 aliphatic heterocycles. The van der Waals surface area contributed by atoms with Gasteiger partial charge in [0, 0.05) is 4.47 Å². The van der Waals surface area contributed by atoms with E-state index < -0.39 is 12.1 Å². The minimum absolute atomic E-state index is 0.139. The smallest absolute Gasteiger partial charge is 0.317 e. The Labute approximate surface area is 92.6 Å². The van der Waals surface area contributed by atoms with Crippen molar-refractivity contribution in [3.8, 4) is 0 Å². The summed E-state index contributed by atoms with van der Waals surface area (Å²) in [7, 11) is 0. The van der Waals surface area contributed by atoms with Gasteiger partial charge in [-0.25, -0.2) is 0 Å². The van der Waals surface area contributed by atoms with Crippen LogP contribution in [0.15, 0.2) is 22.7 Å². The fourth-order valence-corrected chi connectivity index (χ4v) is 1.54. The molecule has 0 bridgehead atoms. The Morgan fingerprint density at radius 2 is 2.00 bits per heavy atom. The Hall–Kier alpha value is -1.04. The van der Waals surface area contributed by atoms with E-state index in [1.807, 2.05) is 5.32 Å². The third-order valence-electron chi connectivity index (χ3n) is 1.72. The molecule has 0 radical (unpaired) electrons. The topological polar surface area (TPSA) is 29.1 Å². The third kappa shape index (κ3) is 2.95. The normalized spacial score (nSPS) is 11.3. The van der Waals surface area contributed by atoms with Crippen LogP contribution in [0.2, 0.25) is 0 Å². The molecule has 1 rings (SSSR count). The highest BCUT2D eigenvalue weighted by Gasteiger charge is 2.39. The van der Waals surface area contributed by atoms with Crippen molar-refractivity contribution in [2.45, 2.75) is 13.1 Å². The van der Waals surface area contributed by atoms with Gasteiger partial charge in [0.1, 0.15) is 0 Å². The minimum atomic E-state index is -4.87. The molecule has 0 aliphatic carbocycles. The molecule has 1 aromatic rings. The monoisotopic (exact) mass is 281 g/mol. The van der Waals surface area contributed by atoms with Crippen molar-refractivity contribution in [3.05, 3.63) is 28.2 Å². The molecule has 0 heterocycles. The molecule has 1 amide bonds. The lowest BCUT2D eigenvalue weighted by Crippen LogP contribution is -2.30. The number of rotatable bonds is 1. The number of hydrogen-bond acceptors (Lipinski definition) is 1. The van der Waals surface area contributed by atoms with Gasteiger partial charge < -0.3 is 5.32 Å². The third-order valence-corrected chi connectivity index (χ3v) is 2.38. The SMILES string of the molecule is Cc1cccc(Br)c1NC(=O)C(F)(F)F. The van der Waals surface area contributed by atoms with E-state index in [2.05, 4.69) is 15.9 Å². The lowest BCUT2D eigenvalue weighted by atomic mass is 10.2. The van der Waals surface area contributed by atoms with E-state index in [4.69, 9.17) is 0 Å². The Morgan fingerprint density at radius 1 is 1.40 bits per heavy atom. The summed E-state index contributed by atoms with van der Waals surface area (Å²) < 4.78 is 36.3. The number of carbonyl (C=O) groups excluding carboxylic acids is 1. The van der Waals surface area contributed by atoms with Crippen LogP contribution in [-0.4, -0.2) is 12.1 Å². The fraction of sp³-hybridized carbons (Fsp3) is 0.222. The summed E-state index contributed by atoms with van der Waals surface area (Å²) in [5, 5.41) is 1.81. The highest BCUT2D eigenvalue weighted by atomic mass is 79.9. The molecule has 1 N–H and O–H groups in total. The predicted octanol–water partition coefficient (Wildman–Crippen LogP) is 3.26. The second kappa shape index (κ2) is 4.22. The van der Waals surface area contributed by atoms with Crippen molar-refractivity contribution in [1.29, 1.82) is 0 Å². The van der Waals surface area contributed by atoms with Crippen LogP contribution in [0.25, 0.3) is 0 Å². The van der Waals surface area contributed by atoms with E-state index in [-0.39, 0.29) is 5.69 Å². The summed E-state index contributed by atoms with van der Waals surface area (Å²) >= 11 is 3.06. The number of para-hydroxylation sites is 1. The number of anilines is 1. The van der Waals surface area contributed by atoms with Crippen molar-refractivity contribution in [1.82, 2.24) is 0 Å². The van der Waals surface area contributed by atoms with E-state index in [0.29, 0.717) is 10.0 Å². The molecule has 0 spiro atoms. The van der Waals surface area contributed by atoms with Crippen LogP contribution < -0.4 is 5.32 Å². The molecule has 15 heavy (non-hydrogen) atoms. The molecule has 0 saturated carbocycles. The van der Waals surface area contributed by atoms with Gasteiger partial charge in [-0.15, -0.1) is 0 Å². The van der Waals surface area contributed by atoms with Crippen molar-refractivity contribution in [3.63, 3.8) is 0 Å². The Balaban J connectivity index is 2.95. The van der Waals surface area contributed by atoms with Gasteiger partial charge in [-0.1, -0.05) is 12.1 Å². The molecule has 6 heteroatoms. The van der Waals surface area contributed by atoms with Crippen molar-refractivity contribution >= 4 is 27.5 Å². The number of aryl methyl sites for hydroxylation is 1. The average Bonchev–Trinajstić information content (AvgIpc) is 2.09. The van der Waals surface area contributed by atoms with Crippen LogP contribution in [-0.2, 0) is 4.79 Å². The van der Waals surface area contributed by atoms with Gasteiger partial charge in [0.05, 0.1) is 5.69 Å². The van der Waals surface area contributed by atoms with Crippen molar-refractivity contribution < 1.29 is 18.0 Å². The van der Waals surface area contributed by atoms with E-state index in [1.165, 1.54) is 0 Å². The second-order valence-electron chi connectivity index (χ2n) is 2.88. The van der Waals surface area contributed by atoms with E-state index in [0.717, 1.165) is 0 Å². The Morgan fingerprint density at radius 3 is 2.47 bits per heavy atom. The summed E-state index contributed by atoms with van der Waals surface area (Å²) in [6, 6.07) is 4.83. The zero-order valence-electron chi connectivity index (χ0n) is 7.65. The number of halogens is 4. The van der Waals surface area contributed by atoms with E-state index in [1.54, 1.807) is 25.1 Å². The fourth-order valence-electron chi connectivity index (χ4n) is 0.975. The highest BCUT2D eigenvalue weighted by Crippen LogP contribution is 2.27. The Bertz CT molecular complexity index is 369. The van der Waals surface area contributed by atoms with Crippen LogP contribution >= 0.6 is 15.9 Å². The number of benzene rings is 1. The number of carbonyl (C=O) groups is 1. The molecular weight excluding hydrogens is 275 g/mol. The van der Waals surface area contributed by atoms with Crippen molar-refractivity contribution in [2.24, 2.45) is 0 Å². The predicted molar refractivity (Wildman–Crippen MR) is 53.6 cm³/mol. The summed E-state index contributed by atoms with van der Waals surface area (Å²) in [4.78, 5) is 10.7. The van der Waals surface area contributed by atoms with Gasteiger partial charge in [-0.2, -0.15) is 13.2 Å². The zero-order chi connectivity index (χ0) is 11.6. The minimum Gasteiger partial charge on any atom is -0.317 e. The van der Waals surface area contributed by atoms with Crippen molar-refractivity contribution in [2.75, 3.05) is 5.32 Å². The summed E-state index contributed by atoms with van der Waals surface area (Å²) in [6.07, 6.45) is -4.87. The molecule has 0 aliphatic rings.